The van der Waals surface area contributed by atoms with E-state index in [9.17, 15) is 14.4 Å². The Bertz CT molecular complexity index is 767. The van der Waals surface area contributed by atoms with Crippen LogP contribution in [-0.4, -0.2) is 30.9 Å². The van der Waals surface area contributed by atoms with Gasteiger partial charge in [0.25, 0.3) is 0 Å². The fourth-order valence-electron chi connectivity index (χ4n) is 1.83. The number of rotatable bonds is 8. The van der Waals surface area contributed by atoms with Crippen LogP contribution in [0.4, 0.5) is 0 Å². The lowest BCUT2D eigenvalue weighted by atomic mass is 10.4. The van der Waals surface area contributed by atoms with E-state index in [0.29, 0.717) is 23.0 Å². The van der Waals surface area contributed by atoms with Crippen molar-refractivity contribution in [1.29, 1.82) is 0 Å². The van der Waals surface area contributed by atoms with E-state index in [1.54, 1.807) is 38.1 Å². The van der Waals surface area contributed by atoms with E-state index in [2.05, 4.69) is 0 Å². The van der Waals surface area contributed by atoms with Crippen molar-refractivity contribution in [1.82, 2.24) is 0 Å². The first-order chi connectivity index (χ1) is 12.4. The minimum Gasteiger partial charge on any atom is -0.462 e. The molecule has 136 valence electrons. The second-order valence-corrected chi connectivity index (χ2v) is 5.32. The van der Waals surface area contributed by atoms with Gasteiger partial charge in [-0.25, -0.2) is 9.59 Å². The molecule has 0 aliphatic rings. The highest BCUT2D eigenvalue weighted by Crippen LogP contribution is 2.08. The van der Waals surface area contributed by atoms with E-state index in [1.165, 1.54) is 12.2 Å². The van der Waals surface area contributed by atoms with Gasteiger partial charge in [0.05, 0.1) is 0 Å². The molecule has 0 unspecified atom stereocenters. The van der Waals surface area contributed by atoms with Crippen molar-refractivity contribution in [2.75, 3.05) is 13.2 Å². The fraction of sp³-hybridized carbons (Fsp3) is 0.211. The number of furan rings is 2. The zero-order valence-corrected chi connectivity index (χ0v) is 14.4. The molecule has 7 heteroatoms. The minimum absolute atomic E-state index is 0.491. The van der Waals surface area contributed by atoms with Crippen molar-refractivity contribution in [3.63, 3.8) is 0 Å². The molecule has 2 aromatic heterocycles. The van der Waals surface area contributed by atoms with E-state index >= 15 is 0 Å². The zero-order valence-electron chi connectivity index (χ0n) is 14.4. The molecular formula is C19H18O7. The molecule has 0 aliphatic carbocycles. The Morgan fingerprint density at radius 3 is 1.58 bits per heavy atom. The molecule has 2 heterocycles. The number of ketones is 1. The highest BCUT2D eigenvalue weighted by Gasteiger charge is 2.08. The Balaban J connectivity index is 1.66. The lowest BCUT2D eigenvalue weighted by Gasteiger charge is -2.02. The predicted molar refractivity (Wildman–Crippen MR) is 91.9 cm³/mol. The maximum Gasteiger partial charge on any atom is 0.331 e. The summed E-state index contributed by atoms with van der Waals surface area (Å²) in [4.78, 5) is 34.6. The molecule has 0 amide bonds. The molecule has 2 rings (SSSR count). The molecule has 7 nitrogen and oxygen atoms in total. The van der Waals surface area contributed by atoms with Crippen molar-refractivity contribution >= 4 is 29.9 Å². The normalized spacial score (nSPS) is 11.2. The first kappa shape index (κ1) is 19.0. The second kappa shape index (κ2) is 9.22. The summed E-state index contributed by atoms with van der Waals surface area (Å²) in [7, 11) is 0. The van der Waals surface area contributed by atoms with Crippen LogP contribution in [0.2, 0.25) is 0 Å². The van der Waals surface area contributed by atoms with Crippen LogP contribution in [0.15, 0.2) is 45.3 Å². The maximum absolute atomic E-state index is 11.6. The van der Waals surface area contributed by atoms with Gasteiger partial charge >= 0.3 is 11.9 Å². The van der Waals surface area contributed by atoms with Crippen LogP contribution in [-0.2, 0) is 23.9 Å². The molecule has 0 N–H and O–H groups in total. The van der Waals surface area contributed by atoms with Crippen LogP contribution >= 0.6 is 0 Å². The van der Waals surface area contributed by atoms with Crippen molar-refractivity contribution in [3.8, 4) is 0 Å². The Kier molecular flexibility index (Phi) is 6.73. The number of aryl methyl sites for hydroxylation is 2. The molecular weight excluding hydrogens is 340 g/mol. The van der Waals surface area contributed by atoms with Gasteiger partial charge in [0.15, 0.2) is 13.2 Å². The molecule has 0 aliphatic heterocycles. The number of hydrogen-bond donors (Lipinski definition) is 0. The summed E-state index contributed by atoms with van der Waals surface area (Å²) in [5.74, 6) is 0.476. The van der Waals surface area contributed by atoms with E-state index in [-0.39, 0.29) is 0 Å². The Morgan fingerprint density at radius 1 is 0.808 bits per heavy atom. The summed E-state index contributed by atoms with van der Waals surface area (Å²) >= 11 is 0. The van der Waals surface area contributed by atoms with E-state index < -0.39 is 30.9 Å². The van der Waals surface area contributed by atoms with Crippen LogP contribution in [0.5, 0.6) is 0 Å². The monoisotopic (exact) mass is 358 g/mol. The first-order valence-corrected chi connectivity index (χ1v) is 7.76. The number of esters is 2. The summed E-state index contributed by atoms with van der Waals surface area (Å²) in [6.07, 6.45) is 5.15. The third-order valence-electron chi connectivity index (χ3n) is 3.04. The molecule has 0 saturated carbocycles. The van der Waals surface area contributed by atoms with Gasteiger partial charge in [-0.1, -0.05) is 0 Å². The largest absolute Gasteiger partial charge is 0.462 e. The highest BCUT2D eigenvalue weighted by molar-refractivity contribution is 5.91. The van der Waals surface area contributed by atoms with E-state index in [1.807, 2.05) is 0 Å². The number of ether oxygens (including phenoxy) is 2. The molecule has 2 aromatic rings. The average molecular weight is 358 g/mol. The number of carbonyl (C=O) groups excluding carboxylic acids is 3. The summed E-state index contributed by atoms with van der Waals surface area (Å²) in [6, 6.07) is 6.90. The summed E-state index contributed by atoms with van der Waals surface area (Å²) < 4.78 is 20.0. The third-order valence-corrected chi connectivity index (χ3v) is 3.04. The van der Waals surface area contributed by atoms with Gasteiger partial charge in [-0.2, -0.15) is 0 Å². The lowest BCUT2D eigenvalue weighted by Crippen LogP contribution is -2.19. The smallest absolute Gasteiger partial charge is 0.331 e. The molecule has 26 heavy (non-hydrogen) atoms. The Morgan fingerprint density at radius 2 is 1.23 bits per heavy atom. The maximum atomic E-state index is 11.6. The molecule has 0 fully saturated rings. The van der Waals surface area contributed by atoms with Crippen LogP contribution in [0.3, 0.4) is 0 Å². The van der Waals surface area contributed by atoms with E-state index in [4.69, 9.17) is 18.3 Å². The van der Waals surface area contributed by atoms with Gasteiger partial charge in [-0.15, -0.1) is 0 Å². The molecule has 0 bridgehead atoms. The molecule has 0 radical (unpaired) electrons. The highest BCUT2D eigenvalue weighted by atomic mass is 16.6. The van der Waals surface area contributed by atoms with Crippen LogP contribution in [0, 0.1) is 13.8 Å². The second-order valence-electron chi connectivity index (χ2n) is 5.32. The molecule has 0 atom stereocenters. The lowest BCUT2D eigenvalue weighted by molar-refractivity contribution is -0.148. The van der Waals surface area contributed by atoms with Gasteiger partial charge in [-0.3, -0.25) is 4.79 Å². The van der Waals surface area contributed by atoms with Crippen LogP contribution < -0.4 is 0 Å². The SMILES string of the molecule is Cc1ccc(/C=C/C(=O)OCC(=O)COC(=O)/C=C/c2ccc(C)o2)o1. The minimum atomic E-state index is -0.702. The molecule has 0 aromatic carbocycles. The fourth-order valence-corrected chi connectivity index (χ4v) is 1.83. The third kappa shape index (κ3) is 6.64. The van der Waals surface area contributed by atoms with Gasteiger partial charge in [0.1, 0.15) is 23.0 Å². The predicted octanol–water partition coefficient (Wildman–Crippen LogP) is 2.87. The van der Waals surface area contributed by atoms with Crippen molar-refractivity contribution in [2.45, 2.75) is 13.8 Å². The summed E-state index contributed by atoms with van der Waals surface area (Å²) in [5, 5.41) is 0. The van der Waals surface area contributed by atoms with Crippen LogP contribution in [0.1, 0.15) is 23.0 Å². The molecule has 0 spiro atoms. The van der Waals surface area contributed by atoms with Crippen molar-refractivity contribution < 1.29 is 32.7 Å². The van der Waals surface area contributed by atoms with E-state index in [0.717, 1.165) is 12.2 Å². The Hall–Kier alpha value is -3.35. The Labute approximate surface area is 149 Å². The van der Waals surface area contributed by atoms with Gasteiger partial charge in [0.2, 0.25) is 5.78 Å². The van der Waals surface area contributed by atoms with Crippen molar-refractivity contribution in [3.05, 3.63) is 59.5 Å². The van der Waals surface area contributed by atoms with Gasteiger partial charge < -0.3 is 18.3 Å². The summed E-state index contributed by atoms with van der Waals surface area (Å²) in [5.41, 5.74) is 0. The van der Waals surface area contributed by atoms with Crippen LogP contribution in [0.25, 0.3) is 12.2 Å². The topological polar surface area (TPSA) is 96.0 Å². The number of Topliss-reactive ketones (excluding diaryl/α,β-unsaturated/α-hetero) is 1. The molecule has 0 saturated heterocycles. The number of hydrogen-bond acceptors (Lipinski definition) is 7. The van der Waals surface area contributed by atoms with Gasteiger partial charge in [-0.05, 0) is 50.3 Å². The van der Waals surface area contributed by atoms with Gasteiger partial charge in [0, 0.05) is 12.2 Å². The average Bonchev–Trinajstić information content (AvgIpc) is 3.22. The standard InChI is InChI=1S/C19H18O7/c1-13-3-5-16(25-13)7-9-18(21)23-11-15(20)12-24-19(22)10-8-17-6-4-14(2)26-17/h3-10H,11-12H2,1-2H3/b9-7+,10-8+. The van der Waals surface area contributed by atoms with Crippen molar-refractivity contribution in [2.24, 2.45) is 0 Å². The summed E-state index contributed by atoms with van der Waals surface area (Å²) in [6.45, 7) is 2.57. The number of carbonyl (C=O) groups is 3. The first-order valence-electron chi connectivity index (χ1n) is 7.76. The quantitative estimate of drug-likeness (QED) is 0.529. The zero-order chi connectivity index (χ0) is 18.9.